The van der Waals surface area contributed by atoms with Gasteiger partial charge in [-0.1, -0.05) is 42.5 Å². The van der Waals surface area contributed by atoms with Crippen LogP contribution in [0.25, 0.3) is 10.1 Å². The van der Waals surface area contributed by atoms with E-state index in [1.807, 2.05) is 35.2 Å². The number of hydrogen-bond donors (Lipinski definition) is 1. The van der Waals surface area contributed by atoms with Crippen LogP contribution >= 0.6 is 11.3 Å². The third-order valence-electron chi connectivity index (χ3n) is 5.48. The summed E-state index contributed by atoms with van der Waals surface area (Å²) in [6.45, 7) is 2.34. The zero-order valence-electron chi connectivity index (χ0n) is 16.5. The average molecular weight is 394 g/mol. The molecule has 0 aliphatic carbocycles. The van der Waals surface area contributed by atoms with Crippen LogP contribution < -0.4 is 5.32 Å². The summed E-state index contributed by atoms with van der Waals surface area (Å²) in [5.74, 6) is 0. The number of nitrogens with one attached hydrogen (secondary N) is 1. The number of hydrogen-bond acceptors (Lipinski definition) is 3. The number of likely N-dealkylation sites (N-methyl/N-ethyl adjacent to an activating group) is 2. The van der Waals surface area contributed by atoms with Gasteiger partial charge in [0.1, 0.15) is 0 Å². The highest BCUT2D eigenvalue weighted by Gasteiger charge is 2.22. The van der Waals surface area contributed by atoms with E-state index in [1.165, 1.54) is 26.1 Å². The Kier molecular flexibility index (Phi) is 5.64. The summed E-state index contributed by atoms with van der Waals surface area (Å²) < 4.78 is 1.31. The summed E-state index contributed by atoms with van der Waals surface area (Å²) in [6.07, 6.45) is 1.86. The number of carbonyl (C=O) groups is 1. The lowest BCUT2D eigenvalue weighted by Gasteiger charge is -2.31. The van der Waals surface area contributed by atoms with Gasteiger partial charge in [0.25, 0.3) is 0 Å². The molecule has 0 saturated carbocycles. The minimum Gasteiger partial charge on any atom is -0.327 e. The van der Waals surface area contributed by atoms with Gasteiger partial charge in [0, 0.05) is 49.3 Å². The first-order valence-corrected chi connectivity index (χ1v) is 10.7. The largest absolute Gasteiger partial charge is 0.327 e. The highest BCUT2D eigenvalue weighted by Crippen LogP contribution is 2.25. The van der Waals surface area contributed by atoms with Crippen molar-refractivity contribution in [2.24, 2.45) is 0 Å². The number of benzene rings is 2. The Hall–Kier alpha value is -2.37. The van der Waals surface area contributed by atoms with E-state index in [0.29, 0.717) is 6.04 Å². The lowest BCUT2D eigenvalue weighted by Crippen LogP contribution is -2.48. The molecular formula is C23H27N3OS. The third-order valence-corrected chi connectivity index (χ3v) is 6.66. The van der Waals surface area contributed by atoms with Crippen molar-refractivity contribution in [2.45, 2.75) is 25.4 Å². The van der Waals surface area contributed by atoms with E-state index in [-0.39, 0.29) is 6.03 Å². The molecule has 1 N–H and O–H groups in total. The van der Waals surface area contributed by atoms with Crippen molar-refractivity contribution in [2.75, 3.05) is 27.2 Å². The number of fused-ring (bicyclic) bond motifs is 2. The van der Waals surface area contributed by atoms with Crippen LogP contribution in [0.5, 0.6) is 0 Å². The SMILES string of the molecule is CN(CCc1cc2ccccc2s1)C(=O)N(C)CC1Cc2ccccc2CN1. The van der Waals surface area contributed by atoms with Gasteiger partial charge in [-0.3, -0.25) is 0 Å². The van der Waals surface area contributed by atoms with Crippen molar-refractivity contribution in [3.8, 4) is 0 Å². The van der Waals surface area contributed by atoms with Crippen LogP contribution in [0.2, 0.25) is 0 Å². The zero-order valence-corrected chi connectivity index (χ0v) is 17.3. The normalized spacial score (nSPS) is 16.0. The van der Waals surface area contributed by atoms with E-state index in [4.69, 9.17) is 0 Å². The average Bonchev–Trinajstić information content (AvgIpc) is 3.14. The molecule has 1 aromatic heterocycles. The molecule has 5 heteroatoms. The summed E-state index contributed by atoms with van der Waals surface area (Å²) in [4.78, 5) is 17.8. The van der Waals surface area contributed by atoms with Crippen molar-refractivity contribution >= 4 is 27.5 Å². The summed E-state index contributed by atoms with van der Waals surface area (Å²) in [5, 5.41) is 4.85. The predicted octanol–water partition coefficient (Wildman–Crippen LogP) is 4.14. The van der Waals surface area contributed by atoms with Gasteiger partial charge in [0.05, 0.1) is 0 Å². The molecule has 1 aliphatic heterocycles. The second kappa shape index (κ2) is 8.33. The maximum atomic E-state index is 12.8. The maximum Gasteiger partial charge on any atom is 0.319 e. The molecule has 0 spiro atoms. The van der Waals surface area contributed by atoms with Gasteiger partial charge >= 0.3 is 6.03 Å². The van der Waals surface area contributed by atoms with Crippen molar-refractivity contribution < 1.29 is 4.79 Å². The molecule has 3 aromatic rings. The number of carbonyl (C=O) groups excluding carboxylic acids is 1. The standard InChI is InChI=1S/C23H27N3OS/c1-25(12-11-21-14-18-8-5-6-10-22(18)28-21)23(27)26(2)16-20-13-17-7-3-4-9-19(17)15-24-20/h3-10,14,20,24H,11-13,15-16H2,1-2H3. The van der Waals surface area contributed by atoms with E-state index < -0.39 is 0 Å². The number of urea groups is 1. The lowest BCUT2D eigenvalue weighted by atomic mass is 9.96. The Bertz CT molecular complexity index is 934. The molecule has 1 atom stereocenters. The van der Waals surface area contributed by atoms with Crippen molar-refractivity contribution in [1.29, 1.82) is 0 Å². The Morgan fingerprint density at radius 1 is 1.07 bits per heavy atom. The molecule has 146 valence electrons. The van der Waals surface area contributed by atoms with Crippen LogP contribution in [0.15, 0.2) is 54.6 Å². The first kappa shape index (κ1) is 19.0. The quantitative estimate of drug-likeness (QED) is 0.707. The lowest BCUT2D eigenvalue weighted by molar-refractivity contribution is 0.168. The fourth-order valence-corrected chi connectivity index (χ4v) is 4.94. The molecule has 1 aliphatic rings. The van der Waals surface area contributed by atoms with E-state index in [0.717, 1.165) is 32.5 Å². The maximum absolute atomic E-state index is 12.8. The summed E-state index contributed by atoms with van der Waals surface area (Å²) in [5.41, 5.74) is 2.76. The zero-order chi connectivity index (χ0) is 19.5. The van der Waals surface area contributed by atoms with Gasteiger partial charge in [0.2, 0.25) is 0 Å². The topological polar surface area (TPSA) is 35.6 Å². The van der Waals surface area contributed by atoms with Crippen molar-refractivity contribution in [1.82, 2.24) is 15.1 Å². The van der Waals surface area contributed by atoms with Crippen LogP contribution in [-0.4, -0.2) is 49.1 Å². The van der Waals surface area contributed by atoms with Gasteiger partial charge in [-0.05, 0) is 41.5 Å². The van der Waals surface area contributed by atoms with Crippen LogP contribution in [0.3, 0.4) is 0 Å². The van der Waals surface area contributed by atoms with Gasteiger partial charge in [0.15, 0.2) is 0 Å². The molecule has 0 bridgehead atoms. The van der Waals surface area contributed by atoms with E-state index in [1.54, 1.807) is 0 Å². The second-order valence-corrected chi connectivity index (χ2v) is 8.80. The van der Waals surface area contributed by atoms with Crippen LogP contribution in [-0.2, 0) is 19.4 Å². The van der Waals surface area contributed by atoms with E-state index in [9.17, 15) is 4.79 Å². The van der Waals surface area contributed by atoms with Gasteiger partial charge in [-0.15, -0.1) is 11.3 Å². The molecule has 0 radical (unpaired) electrons. The molecule has 4 nitrogen and oxygen atoms in total. The highest BCUT2D eigenvalue weighted by molar-refractivity contribution is 7.19. The molecule has 2 amide bonds. The molecule has 0 saturated heterocycles. The smallest absolute Gasteiger partial charge is 0.319 e. The number of rotatable bonds is 5. The molecule has 2 aromatic carbocycles. The molecule has 2 heterocycles. The summed E-state index contributed by atoms with van der Waals surface area (Å²) in [7, 11) is 3.80. The highest BCUT2D eigenvalue weighted by atomic mass is 32.1. The molecular weight excluding hydrogens is 366 g/mol. The number of thiophene rings is 1. The Balaban J connectivity index is 1.29. The van der Waals surface area contributed by atoms with Crippen LogP contribution in [0, 0.1) is 0 Å². The predicted molar refractivity (Wildman–Crippen MR) is 117 cm³/mol. The van der Waals surface area contributed by atoms with Crippen LogP contribution in [0.4, 0.5) is 4.79 Å². The Morgan fingerprint density at radius 3 is 2.64 bits per heavy atom. The molecule has 0 fully saturated rings. The molecule has 28 heavy (non-hydrogen) atoms. The fraction of sp³-hybridized carbons (Fsp3) is 0.348. The second-order valence-electron chi connectivity index (χ2n) is 7.64. The molecule has 4 rings (SSSR count). The first-order chi connectivity index (χ1) is 13.6. The third kappa shape index (κ3) is 4.21. The summed E-state index contributed by atoms with van der Waals surface area (Å²) in [6, 6.07) is 19.6. The van der Waals surface area contributed by atoms with Crippen molar-refractivity contribution in [3.63, 3.8) is 0 Å². The van der Waals surface area contributed by atoms with Gasteiger partial charge < -0.3 is 15.1 Å². The minimum absolute atomic E-state index is 0.0850. The Labute approximate surface area is 170 Å². The van der Waals surface area contributed by atoms with Crippen LogP contribution in [0.1, 0.15) is 16.0 Å². The van der Waals surface area contributed by atoms with Gasteiger partial charge in [-0.2, -0.15) is 0 Å². The molecule has 1 unspecified atom stereocenters. The van der Waals surface area contributed by atoms with Crippen molar-refractivity contribution in [3.05, 3.63) is 70.6 Å². The number of nitrogens with zero attached hydrogens (tertiary/aromatic N) is 2. The van der Waals surface area contributed by atoms with E-state index >= 15 is 0 Å². The van der Waals surface area contributed by atoms with Gasteiger partial charge in [-0.25, -0.2) is 4.79 Å². The van der Waals surface area contributed by atoms with E-state index in [2.05, 4.69) is 59.9 Å². The summed E-state index contributed by atoms with van der Waals surface area (Å²) >= 11 is 1.82. The number of amides is 2. The fourth-order valence-electron chi connectivity index (χ4n) is 3.88. The first-order valence-electron chi connectivity index (χ1n) is 9.84. The minimum atomic E-state index is 0.0850. The Morgan fingerprint density at radius 2 is 1.82 bits per heavy atom. The monoisotopic (exact) mass is 393 g/mol.